The molecule has 0 radical (unpaired) electrons. The number of hydrogen-bond donors (Lipinski definition) is 1. The first kappa shape index (κ1) is 16.5. The molecule has 0 aliphatic carbocycles. The number of carbonyl (C=O) groups is 1. The van der Waals surface area contributed by atoms with E-state index in [2.05, 4.69) is 5.32 Å². The van der Waals surface area contributed by atoms with Gasteiger partial charge >= 0.3 is 0 Å². The first-order valence-corrected chi connectivity index (χ1v) is 8.44. The van der Waals surface area contributed by atoms with Crippen LogP contribution in [-0.2, 0) is 9.53 Å². The van der Waals surface area contributed by atoms with Crippen LogP contribution in [0.15, 0.2) is 54.6 Å². The third-order valence-corrected chi connectivity index (χ3v) is 4.31. The Kier molecular flexibility index (Phi) is 5.49. The highest BCUT2D eigenvalue weighted by Gasteiger charge is 2.23. The predicted octanol–water partition coefficient (Wildman–Crippen LogP) is 4.08. The van der Waals surface area contributed by atoms with Gasteiger partial charge in [0.05, 0.1) is 6.04 Å². The van der Waals surface area contributed by atoms with E-state index >= 15 is 0 Å². The summed E-state index contributed by atoms with van der Waals surface area (Å²) < 4.78 is 11.3. The summed E-state index contributed by atoms with van der Waals surface area (Å²) in [7, 11) is 0. The second-order valence-electron chi connectivity index (χ2n) is 6.07. The van der Waals surface area contributed by atoms with Crippen LogP contribution >= 0.6 is 0 Å². The quantitative estimate of drug-likeness (QED) is 0.901. The average Bonchev–Trinajstić information content (AvgIpc) is 2.63. The molecule has 1 fully saturated rings. The van der Waals surface area contributed by atoms with E-state index in [1.54, 1.807) is 0 Å². The highest BCUT2D eigenvalue weighted by Crippen LogP contribution is 2.29. The summed E-state index contributed by atoms with van der Waals surface area (Å²) in [6.45, 7) is 3.32. The highest BCUT2D eigenvalue weighted by molar-refractivity contribution is 5.79. The molecule has 1 heterocycles. The van der Waals surface area contributed by atoms with Crippen molar-refractivity contribution in [2.75, 3.05) is 13.2 Å². The minimum Gasteiger partial charge on any atom is -0.457 e. The molecule has 1 aliphatic heterocycles. The van der Waals surface area contributed by atoms with Gasteiger partial charge in [-0.3, -0.25) is 4.79 Å². The van der Waals surface area contributed by atoms with Gasteiger partial charge in [0.25, 0.3) is 0 Å². The zero-order valence-electron chi connectivity index (χ0n) is 13.9. The van der Waals surface area contributed by atoms with Crippen molar-refractivity contribution in [3.63, 3.8) is 0 Å². The molecule has 1 aliphatic rings. The summed E-state index contributed by atoms with van der Waals surface area (Å²) >= 11 is 0. The van der Waals surface area contributed by atoms with Gasteiger partial charge in [0.2, 0.25) is 5.91 Å². The Morgan fingerprint density at radius 3 is 2.50 bits per heavy atom. The van der Waals surface area contributed by atoms with Gasteiger partial charge in [-0.05, 0) is 38.0 Å². The predicted molar refractivity (Wildman–Crippen MR) is 93.1 cm³/mol. The molecule has 24 heavy (non-hydrogen) atoms. The summed E-state index contributed by atoms with van der Waals surface area (Å²) in [5.41, 5.74) is 0.974. The van der Waals surface area contributed by atoms with Gasteiger partial charge in [-0.25, -0.2) is 0 Å². The van der Waals surface area contributed by atoms with E-state index in [9.17, 15) is 4.79 Å². The first-order chi connectivity index (χ1) is 11.7. The van der Waals surface area contributed by atoms with Crippen LogP contribution in [0.1, 0.15) is 31.4 Å². The molecule has 0 saturated carbocycles. The van der Waals surface area contributed by atoms with Gasteiger partial charge in [0, 0.05) is 24.7 Å². The van der Waals surface area contributed by atoms with Gasteiger partial charge < -0.3 is 14.8 Å². The largest absolute Gasteiger partial charge is 0.457 e. The van der Waals surface area contributed by atoms with Crippen LogP contribution in [0.2, 0.25) is 0 Å². The van der Waals surface area contributed by atoms with Crippen molar-refractivity contribution in [1.29, 1.82) is 0 Å². The number of rotatable bonds is 5. The Morgan fingerprint density at radius 2 is 1.75 bits per heavy atom. The van der Waals surface area contributed by atoms with Gasteiger partial charge in [-0.2, -0.15) is 0 Å². The van der Waals surface area contributed by atoms with Crippen LogP contribution in [-0.4, -0.2) is 19.1 Å². The number of ether oxygens (including phenoxy) is 2. The molecule has 1 saturated heterocycles. The molecular formula is C20H23NO3. The first-order valence-electron chi connectivity index (χ1n) is 8.44. The van der Waals surface area contributed by atoms with Crippen molar-refractivity contribution in [2.45, 2.75) is 25.8 Å². The summed E-state index contributed by atoms with van der Waals surface area (Å²) in [6, 6.07) is 17.4. The maximum Gasteiger partial charge on any atom is 0.223 e. The molecule has 126 valence electrons. The number of amides is 1. The van der Waals surface area contributed by atoms with E-state index in [0.29, 0.717) is 13.2 Å². The van der Waals surface area contributed by atoms with Gasteiger partial charge in [0.15, 0.2) is 0 Å². The number of para-hydroxylation sites is 2. The Morgan fingerprint density at radius 1 is 1.08 bits per heavy atom. The lowest BCUT2D eigenvalue weighted by atomic mass is 9.98. The van der Waals surface area contributed by atoms with Crippen LogP contribution in [0.25, 0.3) is 0 Å². The second kappa shape index (κ2) is 7.97. The van der Waals surface area contributed by atoms with Crippen LogP contribution < -0.4 is 10.1 Å². The van der Waals surface area contributed by atoms with E-state index in [1.165, 1.54) is 0 Å². The molecule has 0 bridgehead atoms. The van der Waals surface area contributed by atoms with Crippen molar-refractivity contribution >= 4 is 5.91 Å². The number of carbonyl (C=O) groups excluding carboxylic acids is 1. The lowest BCUT2D eigenvalue weighted by molar-refractivity contribution is -0.128. The molecule has 1 amide bonds. The van der Waals surface area contributed by atoms with Crippen LogP contribution in [0.5, 0.6) is 11.5 Å². The minimum atomic E-state index is -0.111. The van der Waals surface area contributed by atoms with Crippen molar-refractivity contribution in [3.05, 3.63) is 60.2 Å². The maximum absolute atomic E-state index is 12.4. The zero-order valence-corrected chi connectivity index (χ0v) is 13.9. The maximum atomic E-state index is 12.4. The van der Waals surface area contributed by atoms with Gasteiger partial charge in [-0.15, -0.1) is 0 Å². The molecule has 3 rings (SSSR count). The van der Waals surface area contributed by atoms with E-state index in [-0.39, 0.29) is 17.9 Å². The monoisotopic (exact) mass is 325 g/mol. The lowest BCUT2D eigenvalue weighted by Crippen LogP contribution is -2.35. The van der Waals surface area contributed by atoms with Crippen molar-refractivity contribution < 1.29 is 14.3 Å². The zero-order chi connectivity index (χ0) is 16.8. The Hall–Kier alpha value is -2.33. The molecule has 0 unspecified atom stereocenters. The summed E-state index contributed by atoms with van der Waals surface area (Å²) in [4.78, 5) is 12.4. The average molecular weight is 325 g/mol. The molecule has 1 atom stereocenters. The number of hydrogen-bond acceptors (Lipinski definition) is 3. The standard InChI is InChI=1S/C20H23NO3/c1-15(21-20(22)16-11-13-23-14-12-16)18-9-5-6-10-19(18)24-17-7-3-2-4-8-17/h2-10,15-16H,11-14H2,1H3,(H,21,22)/t15-/m0/s1. The normalized spacial score (nSPS) is 16.4. The highest BCUT2D eigenvalue weighted by atomic mass is 16.5. The van der Waals surface area contributed by atoms with Crippen molar-refractivity contribution in [2.24, 2.45) is 5.92 Å². The summed E-state index contributed by atoms with van der Waals surface area (Å²) in [6.07, 6.45) is 1.58. The van der Waals surface area contributed by atoms with Gasteiger partial charge in [0.1, 0.15) is 11.5 Å². The minimum absolute atomic E-state index is 0.0448. The Bertz CT molecular complexity index is 666. The smallest absolute Gasteiger partial charge is 0.223 e. The van der Waals surface area contributed by atoms with E-state index in [1.807, 2.05) is 61.5 Å². The van der Waals surface area contributed by atoms with E-state index < -0.39 is 0 Å². The molecule has 1 N–H and O–H groups in total. The Balaban J connectivity index is 1.70. The fourth-order valence-electron chi connectivity index (χ4n) is 2.92. The molecule has 4 nitrogen and oxygen atoms in total. The summed E-state index contributed by atoms with van der Waals surface area (Å²) in [5, 5.41) is 3.12. The number of nitrogens with one attached hydrogen (secondary N) is 1. The van der Waals surface area contributed by atoms with Crippen molar-refractivity contribution in [3.8, 4) is 11.5 Å². The second-order valence-corrected chi connectivity index (χ2v) is 6.07. The molecule has 0 spiro atoms. The third-order valence-electron chi connectivity index (χ3n) is 4.31. The van der Waals surface area contributed by atoms with E-state index in [4.69, 9.17) is 9.47 Å². The molecule has 2 aromatic carbocycles. The van der Waals surface area contributed by atoms with Crippen molar-refractivity contribution in [1.82, 2.24) is 5.32 Å². The number of benzene rings is 2. The van der Waals surface area contributed by atoms with E-state index in [0.717, 1.165) is 29.9 Å². The molecule has 4 heteroatoms. The third kappa shape index (κ3) is 4.15. The van der Waals surface area contributed by atoms with Crippen LogP contribution in [0, 0.1) is 5.92 Å². The molecular weight excluding hydrogens is 302 g/mol. The van der Waals surface area contributed by atoms with Crippen LogP contribution in [0.3, 0.4) is 0 Å². The Labute approximate surface area is 142 Å². The molecule has 2 aromatic rings. The van der Waals surface area contributed by atoms with Crippen LogP contribution in [0.4, 0.5) is 0 Å². The topological polar surface area (TPSA) is 47.6 Å². The SMILES string of the molecule is C[C@H](NC(=O)C1CCOCC1)c1ccccc1Oc1ccccc1. The fraction of sp³-hybridized carbons (Fsp3) is 0.350. The summed E-state index contributed by atoms with van der Waals surface area (Å²) in [5.74, 6) is 1.69. The molecule has 0 aromatic heterocycles. The fourth-order valence-corrected chi connectivity index (χ4v) is 2.92. The lowest BCUT2D eigenvalue weighted by Gasteiger charge is -2.24. The van der Waals surface area contributed by atoms with Gasteiger partial charge in [-0.1, -0.05) is 36.4 Å².